The maximum absolute atomic E-state index is 12.8. The van der Waals surface area contributed by atoms with Crippen LogP contribution in [0, 0.1) is 23.6 Å². The largest absolute Gasteiger partial charge is 0.456 e. The lowest BCUT2D eigenvalue weighted by Gasteiger charge is -2.20. The minimum Gasteiger partial charge on any atom is -0.456 e. The van der Waals surface area contributed by atoms with Gasteiger partial charge in [0.1, 0.15) is 5.82 Å². The molecule has 0 saturated heterocycles. The van der Waals surface area contributed by atoms with Crippen LogP contribution in [0.1, 0.15) is 37.7 Å². The van der Waals surface area contributed by atoms with Crippen LogP contribution in [0.15, 0.2) is 24.3 Å². The Morgan fingerprint density at radius 2 is 1.96 bits per heavy atom. The zero-order valence-corrected chi connectivity index (χ0v) is 13.1. The van der Waals surface area contributed by atoms with Gasteiger partial charge in [0.15, 0.2) is 6.61 Å². The van der Waals surface area contributed by atoms with Crippen molar-refractivity contribution in [2.45, 2.75) is 38.6 Å². The Morgan fingerprint density at radius 1 is 1.17 bits per heavy atom. The first-order valence-corrected chi connectivity index (χ1v) is 8.27. The number of hydrogen-bond acceptors (Lipinski definition) is 3. The molecule has 2 bridgehead atoms. The van der Waals surface area contributed by atoms with Crippen molar-refractivity contribution < 1.29 is 18.7 Å². The highest BCUT2D eigenvalue weighted by Crippen LogP contribution is 2.49. The smallest absolute Gasteiger partial charge is 0.306 e. The molecule has 4 nitrogen and oxygen atoms in total. The normalized spacial score (nSPS) is 25.3. The van der Waals surface area contributed by atoms with Gasteiger partial charge >= 0.3 is 5.97 Å². The number of fused-ring (bicyclic) bond motifs is 2. The van der Waals surface area contributed by atoms with Gasteiger partial charge in [-0.2, -0.15) is 0 Å². The Labute approximate surface area is 135 Å². The molecule has 2 aliphatic carbocycles. The molecule has 2 fully saturated rings. The van der Waals surface area contributed by atoms with E-state index in [1.807, 2.05) is 0 Å². The molecule has 0 unspecified atom stereocenters. The van der Waals surface area contributed by atoms with Crippen LogP contribution in [0.4, 0.5) is 4.39 Å². The summed E-state index contributed by atoms with van der Waals surface area (Å²) in [4.78, 5) is 23.5. The molecule has 124 valence electrons. The van der Waals surface area contributed by atoms with Crippen molar-refractivity contribution in [1.82, 2.24) is 5.32 Å². The van der Waals surface area contributed by atoms with Gasteiger partial charge in [0, 0.05) is 13.0 Å². The molecule has 3 atom stereocenters. The number of halogens is 1. The summed E-state index contributed by atoms with van der Waals surface area (Å²) in [5, 5.41) is 2.66. The number of carbonyl (C=O) groups is 2. The van der Waals surface area contributed by atoms with E-state index in [0.29, 0.717) is 24.8 Å². The molecule has 0 spiro atoms. The van der Waals surface area contributed by atoms with Gasteiger partial charge in [-0.1, -0.05) is 18.6 Å². The van der Waals surface area contributed by atoms with Crippen molar-refractivity contribution in [2.75, 3.05) is 6.61 Å². The van der Waals surface area contributed by atoms with E-state index < -0.39 is 0 Å². The summed E-state index contributed by atoms with van der Waals surface area (Å²) >= 11 is 0. The van der Waals surface area contributed by atoms with Gasteiger partial charge in [-0.05, 0) is 54.7 Å². The van der Waals surface area contributed by atoms with Crippen molar-refractivity contribution >= 4 is 11.9 Å². The summed E-state index contributed by atoms with van der Waals surface area (Å²) in [7, 11) is 0. The van der Waals surface area contributed by atoms with Crippen LogP contribution in [0.3, 0.4) is 0 Å². The predicted octanol–water partition coefficient (Wildman–Crippen LogP) is 2.81. The first-order chi connectivity index (χ1) is 11.1. The maximum atomic E-state index is 12.8. The van der Waals surface area contributed by atoms with Gasteiger partial charge in [-0.3, -0.25) is 9.59 Å². The average molecular weight is 319 g/mol. The number of ether oxygens (including phenoxy) is 1. The number of hydrogen-bond donors (Lipinski definition) is 1. The Balaban J connectivity index is 1.34. The summed E-state index contributed by atoms with van der Waals surface area (Å²) in [5.74, 6) is 1.00. The third-order valence-corrected chi connectivity index (χ3v) is 5.08. The molecule has 2 aliphatic rings. The van der Waals surface area contributed by atoms with Crippen molar-refractivity contribution in [2.24, 2.45) is 17.8 Å². The third kappa shape index (κ3) is 4.30. The summed E-state index contributed by atoms with van der Waals surface area (Å²) in [5.41, 5.74) is 0.799. The molecule has 1 aromatic rings. The molecule has 1 aromatic carbocycles. The fraction of sp³-hybridized carbons (Fsp3) is 0.556. The molecule has 5 heteroatoms. The molecule has 0 radical (unpaired) electrons. The fourth-order valence-corrected chi connectivity index (χ4v) is 3.90. The van der Waals surface area contributed by atoms with Crippen LogP contribution in [-0.2, 0) is 20.9 Å². The maximum Gasteiger partial charge on any atom is 0.306 e. The summed E-state index contributed by atoms with van der Waals surface area (Å²) in [6, 6.07) is 5.90. The van der Waals surface area contributed by atoms with Crippen LogP contribution in [0.5, 0.6) is 0 Å². The van der Waals surface area contributed by atoms with Gasteiger partial charge < -0.3 is 10.1 Å². The van der Waals surface area contributed by atoms with Gasteiger partial charge in [-0.25, -0.2) is 4.39 Å². The van der Waals surface area contributed by atoms with E-state index in [4.69, 9.17) is 4.74 Å². The lowest BCUT2D eigenvalue weighted by Crippen LogP contribution is -2.29. The van der Waals surface area contributed by atoms with E-state index in [9.17, 15) is 14.0 Å². The fourth-order valence-electron chi connectivity index (χ4n) is 3.90. The summed E-state index contributed by atoms with van der Waals surface area (Å²) in [6.07, 6.45) is 5.38. The Morgan fingerprint density at radius 3 is 2.61 bits per heavy atom. The minimum absolute atomic E-state index is 0.249. The van der Waals surface area contributed by atoms with E-state index in [0.717, 1.165) is 17.9 Å². The van der Waals surface area contributed by atoms with Crippen LogP contribution >= 0.6 is 0 Å². The van der Waals surface area contributed by atoms with Gasteiger partial charge in [0.05, 0.1) is 0 Å². The number of carbonyl (C=O) groups excluding carboxylic acids is 2. The van der Waals surface area contributed by atoms with E-state index >= 15 is 0 Å². The van der Waals surface area contributed by atoms with Gasteiger partial charge in [0.25, 0.3) is 5.91 Å². The van der Waals surface area contributed by atoms with Crippen molar-refractivity contribution in [3.8, 4) is 0 Å². The predicted molar refractivity (Wildman–Crippen MR) is 82.8 cm³/mol. The van der Waals surface area contributed by atoms with Crippen LogP contribution < -0.4 is 5.32 Å². The first-order valence-electron chi connectivity index (χ1n) is 8.27. The number of amides is 1. The highest BCUT2D eigenvalue weighted by Gasteiger charge is 2.40. The highest BCUT2D eigenvalue weighted by molar-refractivity contribution is 5.80. The molecule has 0 aliphatic heterocycles. The van der Waals surface area contributed by atoms with E-state index in [-0.39, 0.29) is 24.3 Å². The van der Waals surface area contributed by atoms with Crippen LogP contribution in [-0.4, -0.2) is 18.5 Å². The number of benzene rings is 1. The molecule has 0 heterocycles. The molecular weight excluding hydrogens is 297 g/mol. The SMILES string of the molecule is O=C(COC(=O)C[C@@H]1C[C@@H]2CC[C@@H]1C2)NCc1ccc(F)cc1. The second-order valence-electron chi connectivity index (χ2n) is 6.70. The number of esters is 1. The molecule has 23 heavy (non-hydrogen) atoms. The first kappa shape index (κ1) is 16.0. The second-order valence-corrected chi connectivity index (χ2v) is 6.70. The molecular formula is C18H22FNO3. The van der Waals surface area contributed by atoms with Gasteiger partial charge in [-0.15, -0.1) is 0 Å². The van der Waals surface area contributed by atoms with E-state index in [1.54, 1.807) is 12.1 Å². The molecule has 1 N–H and O–H groups in total. The lowest BCUT2D eigenvalue weighted by atomic mass is 9.86. The Bertz CT molecular complexity index is 572. The molecule has 0 aromatic heterocycles. The quantitative estimate of drug-likeness (QED) is 0.820. The monoisotopic (exact) mass is 319 g/mol. The molecule has 1 amide bonds. The molecule has 3 rings (SSSR count). The van der Waals surface area contributed by atoms with Crippen molar-refractivity contribution in [1.29, 1.82) is 0 Å². The van der Waals surface area contributed by atoms with Gasteiger partial charge in [0.2, 0.25) is 0 Å². The highest BCUT2D eigenvalue weighted by atomic mass is 19.1. The average Bonchev–Trinajstić information content (AvgIpc) is 3.15. The standard InChI is InChI=1S/C18H22FNO3/c19-16-5-2-12(3-6-16)10-20-17(21)11-23-18(22)9-15-8-13-1-4-14(15)7-13/h2-3,5-6,13-15H,1,4,7-11H2,(H,20,21)/t13-,14-,15+/m1/s1. The van der Waals surface area contributed by atoms with Crippen LogP contribution in [0.2, 0.25) is 0 Å². The zero-order chi connectivity index (χ0) is 16.2. The summed E-state index contributed by atoms with van der Waals surface area (Å²) in [6.45, 7) is 0.0455. The summed E-state index contributed by atoms with van der Waals surface area (Å²) < 4.78 is 17.8. The van der Waals surface area contributed by atoms with E-state index in [2.05, 4.69) is 5.32 Å². The van der Waals surface area contributed by atoms with Crippen molar-refractivity contribution in [3.63, 3.8) is 0 Å². The Kier molecular flexibility index (Phi) is 4.94. The number of nitrogens with one attached hydrogen (secondary N) is 1. The lowest BCUT2D eigenvalue weighted by molar-refractivity contribution is -0.149. The topological polar surface area (TPSA) is 55.4 Å². The molecule has 2 saturated carbocycles. The van der Waals surface area contributed by atoms with Crippen LogP contribution in [0.25, 0.3) is 0 Å². The van der Waals surface area contributed by atoms with E-state index in [1.165, 1.54) is 31.4 Å². The number of rotatable bonds is 6. The second kappa shape index (κ2) is 7.11. The zero-order valence-electron chi connectivity index (χ0n) is 13.1. The van der Waals surface area contributed by atoms with Crippen molar-refractivity contribution in [3.05, 3.63) is 35.6 Å². The Hall–Kier alpha value is -1.91. The third-order valence-electron chi connectivity index (χ3n) is 5.08. The minimum atomic E-state index is -0.337.